The molecule has 1 heterocycles. The van der Waals surface area contributed by atoms with Crippen molar-refractivity contribution in [3.05, 3.63) is 0 Å². The van der Waals surface area contributed by atoms with Gasteiger partial charge in [0.05, 0.1) is 6.10 Å². The summed E-state index contributed by atoms with van der Waals surface area (Å²) in [5.41, 5.74) is 5.33. The van der Waals surface area contributed by atoms with Gasteiger partial charge in [-0.3, -0.25) is 19.2 Å². The molecule has 2 aliphatic rings. The maximum atomic E-state index is 12.7. The van der Waals surface area contributed by atoms with Crippen LogP contribution < -0.4 is 11.1 Å². The highest BCUT2D eigenvalue weighted by molar-refractivity contribution is 5.94. The molecule has 0 spiro atoms. The number of hydrogen-bond donors (Lipinski definition) is 3. The maximum absolute atomic E-state index is 12.7. The van der Waals surface area contributed by atoms with E-state index in [1.807, 2.05) is 6.92 Å². The van der Waals surface area contributed by atoms with E-state index in [1.165, 1.54) is 11.8 Å². The summed E-state index contributed by atoms with van der Waals surface area (Å²) in [6.45, 7) is 3.68. The van der Waals surface area contributed by atoms with Crippen LogP contribution in [-0.2, 0) is 19.2 Å². The molecule has 1 aliphatic heterocycles. The molecule has 1 saturated heterocycles. The minimum Gasteiger partial charge on any atom is -0.391 e. The van der Waals surface area contributed by atoms with Gasteiger partial charge in [0, 0.05) is 25.3 Å². The highest BCUT2D eigenvalue weighted by atomic mass is 16.3. The van der Waals surface area contributed by atoms with Crippen molar-refractivity contribution in [2.24, 2.45) is 17.6 Å². The minimum absolute atomic E-state index is 0.0338. The van der Waals surface area contributed by atoms with Crippen LogP contribution in [0.4, 0.5) is 0 Å². The highest BCUT2D eigenvalue weighted by Crippen LogP contribution is 2.28. The van der Waals surface area contributed by atoms with Gasteiger partial charge in [-0.05, 0) is 32.1 Å². The molecule has 0 aromatic heterocycles. The summed E-state index contributed by atoms with van der Waals surface area (Å²) in [5, 5.41) is 12.6. The Hall–Kier alpha value is -1.96. The van der Waals surface area contributed by atoms with Gasteiger partial charge in [-0.25, -0.2) is 0 Å². The Morgan fingerprint density at radius 1 is 1.32 bits per heavy atom. The lowest BCUT2D eigenvalue weighted by atomic mass is 9.79. The number of likely N-dealkylation sites (tertiary alicyclic amines) is 1. The van der Waals surface area contributed by atoms with E-state index in [9.17, 15) is 24.3 Å². The Bertz CT molecular complexity index is 562. The van der Waals surface area contributed by atoms with Gasteiger partial charge in [-0.2, -0.15) is 0 Å². The molecule has 0 bridgehead atoms. The molecule has 1 aliphatic carbocycles. The molecular weight excluding hydrogens is 326 g/mol. The number of nitrogens with zero attached hydrogens (tertiary/aromatic N) is 1. The predicted octanol–water partition coefficient (Wildman–Crippen LogP) is -0.666. The molecule has 0 radical (unpaired) electrons. The van der Waals surface area contributed by atoms with Crippen molar-refractivity contribution in [1.29, 1.82) is 0 Å². The molecule has 0 aromatic rings. The number of amides is 3. The van der Waals surface area contributed by atoms with Crippen LogP contribution in [0.15, 0.2) is 0 Å². The first-order valence-electron chi connectivity index (χ1n) is 8.82. The van der Waals surface area contributed by atoms with Crippen molar-refractivity contribution in [2.75, 3.05) is 6.54 Å². The average Bonchev–Trinajstić information content (AvgIpc) is 3.03. The van der Waals surface area contributed by atoms with Gasteiger partial charge < -0.3 is 21.1 Å². The summed E-state index contributed by atoms with van der Waals surface area (Å²) in [4.78, 5) is 49.8. The summed E-state index contributed by atoms with van der Waals surface area (Å²) in [5.74, 6) is -1.94. The lowest BCUT2D eigenvalue weighted by Crippen LogP contribution is -2.57. The number of aliphatic hydroxyl groups excluding tert-OH is 1. The van der Waals surface area contributed by atoms with Crippen molar-refractivity contribution in [3.8, 4) is 0 Å². The predicted molar refractivity (Wildman–Crippen MR) is 89.1 cm³/mol. The zero-order valence-corrected chi connectivity index (χ0v) is 14.7. The monoisotopic (exact) mass is 353 g/mol. The van der Waals surface area contributed by atoms with Crippen molar-refractivity contribution < 1.29 is 24.3 Å². The zero-order valence-electron chi connectivity index (χ0n) is 14.7. The first-order chi connectivity index (χ1) is 11.7. The topological polar surface area (TPSA) is 130 Å². The summed E-state index contributed by atoms with van der Waals surface area (Å²) in [6.07, 6.45) is 1.27. The molecule has 2 rings (SSSR count). The lowest BCUT2D eigenvalue weighted by Gasteiger charge is -2.32. The lowest BCUT2D eigenvalue weighted by molar-refractivity contribution is -0.144. The SMILES string of the molecule is CC1CCC(=O)CC1C(=O)N[C@H](C(=O)N1CCC[C@H]1C(N)=O)[C@@H](C)O. The average molecular weight is 353 g/mol. The fraction of sp³-hybridized carbons (Fsp3) is 0.765. The van der Waals surface area contributed by atoms with Gasteiger partial charge in [-0.15, -0.1) is 0 Å². The van der Waals surface area contributed by atoms with Crippen molar-refractivity contribution in [3.63, 3.8) is 0 Å². The molecule has 2 unspecified atom stereocenters. The van der Waals surface area contributed by atoms with Gasteiger partial charge >= 0.3 is 0 Å². The molecule has 3 amide bonds. The summed E-state index contributed by atoms with van der Waals surface area (Å²) in [6, 6.07) is -1.86. The van der Waals surface area contributed by atoms with Crippen LogP contribution in [0.1, 0.15) is 46.0 Å². The molecule has 8 nitrogen and oxygen atoms in total. The van der Waals surface area contributed by atoms with Gasteiger partial charge in [-0.1, -0.05) is 6.92 Å². The Morgan fingerprint density at radius 3 is 2.60 bits per heavy atom. The van der Waals surface area contributed by atoms with Crippen LogP contribution in [0.2, 0.25) is 0 Å². The van der Waals surface area contributed by atoms with Crippen molar-refractivity contribution in [2.45, 2.75) is 64.1 Å². The first-order valence-corrected chi connectivity index (χ1v) is 8.82. The van der Waals surface area contributed by atoms with Crippen LogP contribution in [0, 0.1) is 11.8 Å². The molecular formula is C17H27N3O5. The second kappa shape index (κ2) is 7.95. The molecule has 25 heavy (non-hydrogen) atoms. The van der Waals surface area contributed by atoms with Crippen molar-refractivity contribution in [1.82, 2.24) is 10.2 Å². The van der Waals surface area contributed by atoms with E-state index in [0.29, 0.717) is 32.2 Å². The highest BCUT2D eigenvalue weighted by Gasteiger charge is 2.40. The quantitative estimate of drug-likeness (QED) is 0.604. The molecule has 2 fully saturated rings. The summed E-state index contributed by atoms with van der Waals surface area (Å²) < 4.78 is 0. The number of primary amides is 1. The Balaban J connectivity index is 2.09. The van der Waals surface area contributed by atoms with E-state index in [4.69, 9.17) is 5.73 Å². The molecule has 140 valence electrons. The third-order valence-electron chi connectivity index (χ3n) is 5.26. The maximum Gasteiger partial charge on any atom is 0.248 e. The number of rotatable bonds is 5. The van der Waals surface area contributed by atoms with E-state index >= 15 is 0 Å². The van der Waals surface area contributed by atoms with Crippen LogP contribution >= 0.6 is 0 Å². The van der Waals surface area contributed by atoms with Crippen LogP contribution in [-0.4, -0.2) is 58.2 Å². The van der Waals surface area contributed by atoms with Crippen molar-refractivity contribution >= 4 is 23.5 Å². The third-order valence-corrected chi connectivity index (χ3v) is 5.26. The zero-order chi connectivity index (χ0) is 18.7. The summed E-state index contributed by atoms with van der Waals surface area (Å²) in [7, 11) is 0. The molecule has 5 atom stereocenters. The first kappa shape index (κ1) is 19.4. The second-order valence-electron chi connectivity index (χ2n) is 7.18. The van der Waals surface area contributed by atoms with E-state index in [1.54, 1.807) is 0 Å². The van der Waals surface area contributed by atoms with E-state index in [-0.39, 0.29) is 18.1 Å². The third kappa shape index (κ3) is 4.36. The normalized spacial score (nSPS) is 29.2. The van der Waals surface area contributed by atoms with E-state index in [0.717, 1.165) is 0 Å². The van der Waals surface area contributed by atoms with Crippen LogP contribution in [0.5, 0.6) is 0 Å². The van der Waals surface area contributed by atoms with E-state index in [2.05, 4.69) is 5.32 Å². The van der Waals surface area contributed by atoms with Crippen LogP contribution in [0.25, 0.3) is 0 Å². The summed E-state index contributed by atoms with van der Waals surface area (Å²) >= 11 is 0. The molecule has 0 aromatic carbocycles. The number of carbonyl (C=O) groups is 4. The fourth-order valence-electron chi connectivity index (χ4n) is 3.64. The molecule has 1 saturated carbocycles. The van der Waals surface area contributed by atoms with Gasteiger partial charge in [0.25, 0.3) is 0 Å². The number of hydrogen-bond acceptors (Lipinski definition) is 5. The standard InChI is InChI=1S/C17H27N3O5/c1-9-5-6-11(22)8-12(9)16(24)19-14(10(2)21)17(25)20-7-3-4-13(20)15(18)23/h9-10,12-14,21H,3-8H2,1-2H3,(H2,18,23)(H,19,24)/t9?,10-,12?,13+,14+/m1/s1. The van der Waals surface area contributed by atoms with Gasteiger partial charge in [0.15, 0.2) is 0 Å². The fourth-order valence-corrected chi connectivity index (χ4v) is 3.64. The number of nitrogens with two attached hydrogens (primary N) is 1. The molecule has 8 heteroatoms. The number of carbonyl (C=O) groups excluding carboxylic acids is 4. The second-order valence-corrected chi connectivity index (χ2v) is 7.18. The van der Waals surface area contributed by atoms with Crippen LogP contribution in [0.3, 0.4) is 0 Å². The molecule has 4 N–H and O–H groups in total. The number of aliphatic hydroxyl groups is 1. The van der Waals surface area contributed by atoms with E-state index < -0.39 is 41.8 Å². The van der Waals surface area contributed by atoms with Gasteiger partial charge in [0.2, 0.25) is 17.7 Å². The smallest absolute Gasteiger partial charge is 0.248 e. The Labute approximate surface area is 147 Å². The number of Topliss-reactive ketones (excluding diaryl/α,β-unsaturated/α-hetero) is 1. The minimum atomic E-state index is -1.16. The largest absolute Gasteiger partial charge is 0.391 e. The van der Waals surface area contributed by atoms with Gasteiger partial charge in [0.1, 0.15) is 17.9 Å². The number of nitrogens with one attached hydrogen (secondary N) is 1. The Kier molecular flexibility index (Phi) is 6.16. The Morgan fingerprint density at radius 2 is 2.00 bits per heavy atom. The number of ketones is 1.